The fraction of sp³-hybridized carbons (Fsp3) is 0.360. The summed E-state index contributed by atoms with van der Waals surface area (Å²) < 4.78 is 6.48. The van der Waals surface area contributed by atoms with E-state index in [4.69, 9.17) is 26.6 Å². The number of hydrogen-bond acceptors (Lipinski definition) is 4. The zero-order valence-electron chi connectivity index (χ0n) is 18.4. The van der Waals surface area contributed by atoms with Crippen molar-refractivity contribution in [1.82, 2.24) is 4.90 Å². The molecule has 2 N–H and O–H groups in total. The summed E-state index contributed by atoms with van der Waals surface area (Å²) in [5, 5.41) is 16.4. The van der Waals surface area contributed by atoms with Gasteiger partial charge < -0.3 is 19.8 Å². The van der Waals surface area contributed by atoms with Crippen molar-refractivity contribution in [2.45, 2.75) is 37.8 Å². The maximum atomic E-state index is 9.55. The lowest BCUT2D eigenvalue weighted by Gasteiger charge is -2.32. The molecule has 1 saturated heterocycles. The summed E-state index contributed by atoms with van der Waals surface area (Å²) in [6.07, 6.45) is 4.77. The van der Waals surface area contributed by atoms with Crippen LogP contribution in [0.1, 0.15) is 37.3 Å². The number of carbonyl (C=O) groups is 2. The fourth-order valence-corrected chi connectivity index (χ4v) is 3.87. The van der Waals surface area contributed by atoms with Crippen LogP contribution in [0.3, 0.4) is 0 Å². The van der Waals surface area contributed by atoms with Crippen molar-refractivity contribution in [3.8, 4) is 0 Å². The van der Waals surface area contributed by atoms with Crippen LogP contribution < -0.4 is 0 Å². The maximum Gasteiger partial charge on any atom is 0.328 e. The lowest BCUT2D eigenvalue weighted by molar-refractivity contribution is -0.134. The number of carboxylic acid groups (broad SMARTS) is 2. The Kier molecular flexibility index (Phi) is 9.91. The molecule has 0 spiro atoms. The molecular weight excluding hydrogens is 430 g/mol. The Morgan fingerprint density at radius 3 is 2.12 bits per heavy atom. The molecule has 3 rings (SSSR count). The quantitative estimate of drug-likeness (QED) is 0.550. The number of ether oxygens (including phenoxy) is 1. The lowest BCUT2D eigenvalue weighted by Crippen LogP contribution is -2.31. The molecular formula is C25H30ClNO5. The fourth-order valence-electron chi connectivity index (χ4n) is 3.74. The van der Waals surface area contributed by atoms with Gasteiger partial charge in [-0.3, -0.25) is 0 Å². The first-order valence-electron chi connectivity index (χ1n) is 10.5. The van der Waals surface area contributed by atoms with Crippen LogP contribution >= 0.6 is 11.6 Å². The predicted octanol–water partition coefficient (Wildman–Crippen LogP) is 4.82. The highest BCUT2D eigenvalue weighted by Crippen LogP contribution is 2.34. The van der Waals surface area contributed by atoms with E-state index in [1.807, 2.05) is 18.2 Å². The van der Waals surface area contributed by atoms with Crippen molar-refractivity contribution in [2.75, 3.05) is 20.2 Å². The molecule has 1 heterocycles. The average molecular weight is 460 g/mol. The molecule has 172 valence electrons. The van der Waals surface area contributed by atoms with Gasteiger partial charge in [0.15, 0.2) is 0 Å². The SMILES string of the molecule is CN1CCCC1CCOC(C)(c1ccccc1)c1ccc(Cl)cc1.O=C(O)C=CC(=O)O. The van der Waals surface area contributed by atoms with Crippen molar-refractivity contribution in [1.29, 1.82) is 0 Å². The third-order valence-corrected chi connectivity index (χ3v) is 5.85. The Labute approximate surface area is 194 Å². The van der Waals surface area contributed by atoms with E-state index in [0.29, 0.717) is 18.2 Å². The van der Waals surface area contributed by atoms with Gasteiger partial charge in [-0.25, -0.2) is 9.59 Å². The molecule has 2 aromatic rings. The molecule has 0 bridgehead atoms. The van der Waals surface area contributed by atoms with Crippen molar-refractivity contribution in [2.24, 2.45) is 0 Å². The smallest absolute Gasteiger partial charge is 0.328 e. The molecule has 1 fully saturated rings. The zero-order valence-corrected chi connectivity index (χ0v) is 19.2. The molecule has 0 aromatic heterocycles. The highest BCUT2D eigenvalue weighted by molar-refractivity contribution is 6.30. The Balaban J connectivity index is 0.000000390. The van der Waals surface area contributed by atoms with Crippen molar-refractivity contribution in [3.63, 3.8) is 0 Å². The van der Waals surface area contributed by atoms with Crippen LogP contribution in [0.5, 0.6) is 0 Å². The molecule has 0 saturated carbocycles. The number of halogens is 1. The Hall–Kier alpha value is -2.67. The van der Waals surface area contributed by atoms with Gasteiger partial charge in [0.05, 0.1) is 0 Å². The van der Waals surface area contributed by atoms with Gasteiger partial charge in [0.2, 0.25) is 0 Å². The largest absolute Gasteiger partial charge is 0.478 e. The van der Waals surface area contributed by atoms with Crippen LogP contribution in [0, 0.1) is 0 Å². The van der Waals surface area contributed by atoms with E-state index in [1.54, 1.807) is 0 Å². The molecule has 32 heavy (non-hydrogen) atoms. The molecule has 0 aliphatic carbocycles. The van der Waals surface area contributed by atoms with Gasteiger partial charge in [0, 0.05) is 29.8 Å². The van der Waals surface area contributed by atoms with Gasteiger partial charge in [-0.1, -0.05) is 54.1 Å². The van der Waals surface area contributed by atoms with Crippen molar-refractivity contribution < 1.29 is 24.5 Å². The second kappa shape index (κ2) is 12.4. The predicted molar refractivity (Wildman–Crippen MR) is 125 cm³/mol. The molecule has 2 aromatic carbocycles. The third kappa shape index (κ3) is 7.79. The topological polar surface area (TPSA) is 87.1 Å². The molecule has 2 unspecified atom stereocenters. The van der Waals surface area contributed by atoms with Gasteiger partial charge >= 0.3 is 11.9 Å². The number of hydrogen-bond donors (Lipinski definition) is 2. The third-order valence-electron chi connectivity index (χ3n) is 5.60. The normalized spacial score (nSPS) is 18.0. The van der Waals surface area contributed by atoms with Crippen LogP contribution in [0.25, 0.3) is 0 Å². The standard InChI is InChI=1S/C21H26ClNO.C4H4O4/c1-21(17-7-4-3-5-8-17,18-10-12-19(22)13-11-18)24-16-14-20-9-6-15-23(20)2;5-3(6)1-2-4(7)8/h3-5,7-8,10-13,20H,6,9,14-16H2,1-2H3;1-2H,(H,5,6)(H,7,8). The minimum absolute atomic E-state index is 0.455. The van der Waals surface area contributed by atoms with E-state index in [-0.39, 0.29) is 0 Å². The molecule has 1 aliphatic rings. The monoisotopic (exact) mass is 459 g/mol. The van der Waals surface area contributed by atoms with Gasteiger partial charge in [-0.15, -0.1) is 0 Å². The van der Waals surface area contributed by atoms with Gasteiger partial charge in [-0.05, 0) is 63.0 Å². The van der Waals surface area contributed by atoms with Crippen molar-refractivity contribution in [3.05, 3.63) is 82.9 Å². The summed E-state index contributed by atoms with van der Waals surface area (Å²) in [7, 11) is 2.22. The van der Waals surface area contributed by atoms with Gasteiger partial charge in [0.1, 0.15) is 5.60 Å². The second-order valence-corrected chi connectivity index (χ2v) is 8.27. The Morgan fingerprint density at radius 1 is 1.06 bits per heavy atom. The first-order valence-corrected chi connectivity index (χ1v) is 10.9. The van der Waals surface area contributed by atoms with Crippen LogP contribution in [0.2, 0.25) is 5.02 Å². The van der Waals surface area contributed by atoms with Crippen LogP contribution in [0.4, 0.5) is 0 Å². The summed E-state index contributed by atoms with van der Waals surface area (Å²) in [6, 6.07) is 19.1. The van der Waals surface area contributed by atoms with E-state index in [2.05, 4.69) is 55.3 Å². The van der Waals surface area contributed by atoms with Crippen LogP contribution in [-0.2, 0) is 19.9 Å². The first-order chi connectivity index (χ1) is 15.2. The number of nitrogens with zero attached hydrogens (tertiary/aromatic N) is 1. The van der Waals surface area contributed by atoms with Gasteiger partial charge in [-0.2, -0.15) is 0 Å². The number of carboxylic acids is 2. The Bertz CT molecular complexity index is 884. The molecule has 2 atom stereocenters. The first kappa shape index (κ1) is 25.6. The summed E-state index contributed by atoms with van der Waals surface area (Å²) in [4.78, 5) is 21.6. The molecule has 0 radical (unpaired) electrons. The number of rotatable bonds is 8. The molecule has 0 amide bonds. The molecule has 1 aliphatic heterocycles. The lowest BCUT2D eigenvalue weighted by atomic mass is 9.88. The van der Waals surface area contributed by atoms with E-state index >= 15 is 0 Å². The highest BCUT2D eigenvalue weighted by Gasteiger charge is 2.30. The molecule has 7 heteroatoms. The number of likely N-dealkylation sites (tertiary alicyclic amines) is 1. The average Bonchev–Trinajstić information content (AvgIpc) is 3.18. The van der Waals surface area contributed by atoms with Gasteiger partial charge in [0.25, 0.3) is 0 Å². The highest BCUT2D eigenvalue weighted by atomic mass is 35.5. The number of aliphatic carboxylic acids is 2. The summed E-state index contributed by atoms with van der Waals surface area (Å²) >= 11 is 6.07. The summed E-state index contributed by atoms with van der Waals surface area (Å²) in [5.74, 6) is -2.51. The summed E-state index contributed by atoms with van der Waals surface area (Å²) in [6.45, 7) is 4.12. The second-order valence-electron chi connectivity index (χ2n) is 7.83. The van der Waals surface area contributed by atoms with E-state index in [1.165, 1.54) is 24.9 Å². The van der Waals surface area contributed by atoms with E-state index in [9.17, 15) is 9.59 Å². The van der Waals surface area contributed by atoms with E-state index < -0.39 is 17.5 Å². The minimum atomic E-state index is -1.26. The molecule has 6 nitrogen and oxygen atoms in total. The van der Waals surface area contributed by atoms with Crippen LogP contribution in [-0.4, -0.2) is 53.3 Å². The Morgan fingerprint density at radius 2 is 1.62 bits per heavy atom. The number of benzene rings is 2. The van der Waals surface area contributed by atoms with Crippen molar-refractivity contribution >= 4 is 23.5 Å². The zero-order chi connectivity index (χ0) is 23.6. The van der Waals surface area contributed by atoms with Crippen LogP contribution in [0.15, 0.2) is 66.7 Å². The minimum Gasteiger partial charge on any atom is -0.478 e. The van der Waals surface area contributed by atoms with E-state index in [0.717, 1.165) is 23.6 Å². The summed E-state index contributed by atoms with van der Waals surface area (Å²) in [5.41, 5.74) is 1.85. The maximum absolute atomic E-state index is 9.55.